The highest BCUT2D eigenvalue weighted by molar-refractivity contribution is 6.04. The van der Waals surface area contributed by atoms with Crippen molar-refractivity contribution in [1.82, 2.24) is 0 Å². The summed E-state index contributed by atoms with van der Waals surface area (Å²) in [6.45, 7) is 2.74. The number of amides is 1. The first-order chi connectivity index (χ1) is 10.2. The number of unbranched alkanes of at least 4 members (excludes halogenated alkanes) is 1. The summed E-state index contributed by atoms with van der Waals surface area (Å²) >= 11 is 0. The number of benzene rings is 2. The van der Waals surface area contributed by atoms with Gasteiger partial charge in [0.15, 0.2) is 0 Å². The fraction of sp³-hybridized carbons (Fsp3) is 0.235. The SMILES string of the molecule is CCCCOc1ccc(C(=O)Nc2ccccc2)cc1N. The van der Waals surface area contributed by atoms with Gasteiger partial charge in [0, 0.05) is 11.3 Å². The van der Waals surface area contributed by atoms with E-state index in [1.807, 2.05) is 30.3 Å². The van der Waals surface area contributed by atoms with E-state index in [9.17, 15) is 4.79 Å². The van der Waals surface area contributed by atoms with E-state index in [-0.39, 0.29) is 5.91 Å². The van der Waals surface area contributed by atoms with Gasteiger partial charge in [-0.15, -0.1) is 0 Å². The van der Waals surface area contributed by atoms with E-state index in [1.54, 1.807) is 18.2 Å². The number of carbonyl (C=O) groups is 1. The quantitative estimate of drug-likeness (QED) is 0.628. The van der Waals surface area contributed by atoms with Crippen LogP contribution < -0.4 is 15.8 Å². The lowest BCUT2D eigenvalue weighted by Crippen LogP contribution is -2.12. The lowest BCUT2D eigenvalue weighted by Gasteiger charge is -2.10. The molecule has 4 nitrogen and oxygen atoms in total. The number of anilines is 2. The van der Waals surface area contributed by atoms with Gasteiger partial charge >= 0.3 is 0 Å². The number of rotatable bonds is 6. The molecule has 110 valence electrons. The summed E-state index contributed by atoms with van der Waals surface area (Å²) in [5.41, 5.74) is 7.68. The first-order valence-corrected chi connectivity index (χ1v) is 7.09. The average molecular weight is 284 g/mol. The van der Waals surface area contributed by atoms with Crippen molar-refractivity contribution >= 4 is 17.3 Å². The molecular formula is C17H20N2O2. The standard InChI is InChI=1S/C17H20N2O2/c1-2-3-11-21-16-10-9-13(12-15(16)18)17(20)19-14-7-5-4-6-8-14/h4-10,12H,2-3,11,18H2,1H3,(H,19,20). The van der Waals surface area contributed by atoms with E-state index in [1.165, 1.54) is 0 Å². The zero-order valence-electron chi connectivity index (χ0n) is 12.1. The zero-order valence-corrected chi connectivity index (χ0v) is 12.1. The first-order valence-electron chi connectivity index (χ1n) is 7.09. The number of ether oxygens (including phenoxy) is 1. The summed E-state index contributed by atoms with van der Waals surface area (Å²) in [4.78, 5) is 12.1. The van der Waals surface area contributed by atoms with Gasteiger partial charge in [-0.1, -0.05) is 31.5 Å². The third-order valence-electron chi connectivity index (χ3n) is 3.06. The lowest BCUT2D eigenvalue weighted by molar-refractivity contribution is 0.102. The van der Waals surface area contributed by atoms with Crippen LogP contribution in [0.2, 0.25) is 0 Å². The van der Waals surface area contributed by atoms with E-state index in [4.69, 9.17) is 10.5 Å². The average Bonchev–Trinajstić information content (AvgIpc) is 2.50. The van der Waals surface area contributed by atoms with Crippen molar-refractivity contribution in [1.29, 1.82) is 0 Å². The van der Waals surface area contributed by atoms with Crippen LogP contribution in [-0.2, 0) is 0 Å². The minimum absolute atomic E-state index is 0.187. The van der Waals surface area contributed by atoms with E-state index in [0.717, 1.165) is 18.5 Å². The molecule has 21 heavy (non-hydrogen) atoms. The number of nitrogen functional groups attached to an aromatic ring is 1. The Balaban J connectivity index is 2.03. The van der Waals surface area contributed by atoms with Crippen LogP contribution in [0.4, 0.5) is 11.4 Å². The van der Waals surface area contributed by atoms with Gasteiger partial charge in [0.25, 0.3) is 5.91 Å². The third-order valence-corrected chi connectivity index (χ3v) is 3.06. The molecule has 0 atom stereocenters. The largest absolute Gasteiger partial charge is 0.491 e. The topological polar surface area (TPSA) is 64.3 Å². The molecule has 0 saturated carbocycles. The molecule has 0 spiro atoms. The van der Waals surface area contributed by atoms with Crippen LogP contribution in [-0.4, -0.2) is 12.5 Å². The Kier molecular flexibility index (Phi) is 5.21. The van der Waals surface area contributed by atoms with Crippen LogP contribution in [0.15, 0.2) is 48.5 Å². The summed E-state index contributed by atoms with van der Waals surface area (Å²) in [7, 11) is 0. The second-order valence-electron chi connectivity index (χ2n) is 4.77. The minimum Gasteiger partial charge on any atom is -0.491 e. The number of nitrogens with one attached hydrogen (secondary N) is 1. The molecule has 0 unspecified atom stereocenters. The smallest absolute Gasteiger partial charge is 0.255 e. The Morgan fingerprint density at radius 1 is 1.19 bits per heavy atom. The molecule has 4 heteroatoms. The van der Waals surface area contributed by atoms with Crippen LogP contribution in [0.5, 0.6) is 5.75 Å². The third kappa shape index (κ3) is 4.24. The van der Waals surface area contributed by atoms with Crippen molar-refractivity contribution in [3.8, 4) is 5.75 Å². The summed E-state index contributed by atoms with van der Waals surface area (Å²) < 4.78 is 5.57. The highest BCUT2D eigenvalue weighted by Gasteiger charge is 2.09. The van der Waals surface area contributed by atoms with Crippen LogP contribution >= 0.6 is 0 Å². The number of nitrogens with two attached hydrogens (primary N) is 1. The van der Waals surface area contributed by atoms with Crippen LogP contribution in [0.1, 0.15) is 30.1 Å². The molecule has 0 bridgehead atoms. The van der Waals surface area contributed by atoms with Gasteiger partial charge in [-0.2, -0.15) is 0 Å². The lowest BCUT2D eigenvalue weighted by atomic mass is 10.1. The second-order valence-corrected chi connectivity index (χ2v) is 4.77. The molecule has 0 heterocycles. The Bertz CT molecular complexity index is 597. The molecule has 0 radical (unpaired) electrons. The number of para-hydroxylation sites is 1. The van der Waals surface area contributed by atoms with Crippen molar-refractivity contribution in [2.45, 2.75) is 19.8 Å². The molecule has 2 aromatic rings. The first kappa shape index (κ1) is 14.9. The van der Waals surface area contributed by atoms with Crippen LogP contribution in [0, 0.1) is 0 Å². The van der Waals surface area contributed by atoms with Crippen LogP contribution in [0.25, 0.3) is 0 Å². The highest BCUT2D eigenvalue weighted by Crippen LogP contribution is 2.23. The van der Waals surface area contributed by atoms with Crippen molar-refractivity contribution in [3.63, 3.8) is 0 Å². The van der Waals surface area contributed by atoms with Gasteiger partial charge in [-0.3, -0.25) is 4.79 Å². The zero-order chi connectivity index (χ0) is 15.1. The van der Waals surface area contributed by atoms with Crippen molar-refractivity contribution < 1.29 is 9.53 Å². The van der Waals surface area contributed by atoms with E-state index in [2.05, 4.69) is 12.2 Å². The molecule has 0 aliphatic heterocycles. The molecule has 0 fully saturated rings. The molecule has 3 N–H and O–H groups in total. The maximum absolute atomic E-state index is 12.1. The number of hydrogen-bond acceptors (Lipinski definition) is 3. The van der Waals surface area contributed by atoms with E-state index >= 15 is 0 Å². The monoisotopic (exact) mass is 284 g/mol. The van der Waals surface area contributed by atoms with Gasteiger partial charge in [-0.25, -0.2) is 0 Å². The fourth-order valence-corrected chi connectivity index (χ4v) is 1.87. The molecule has 2 aromatic carbocycles. The predicted molar refractivity (Wildman–Crippen MR) is 85.7 cm³/mol. The molecule has 0 aromatic heterocycles. The molecule has 2 rings (SSSR count). The Hall–Kier alpha value is -2.49. The summed E-state index contributed by atoms with van der Waals surface area (Å²) in [6, 6.07) is 14.4. The Morgan fingerprint density at radius 2 is 1.95 bits per heavy atom. The molecular weight excluding hydrogens is 264 g/mol. The molecule has 0 saturated heterocycles. The van der Waals surface area contributed by atoms with E-state index in [0.29, 0.717) is 23.6 Å². The second kappa shape index (κ2) is 7.33. The Labute approximate surface area is 124 Å². The Morgan fingerprint density at radius 3 is 2.62 bits per heavy atom. The normalized spacial score (nSPS) is 10.1. The predicted octanol–water partition coefficient (Wildman–Crippen LogP) is 3.70. The summed E-state index contributed by atoms with van der Waals surface area (Å²) in [6.07, 6.45) is 2.05. The fourth-order valence-electron chi connectivity index (χ4n) is 1.87. The van der Waals surface area contributed by atoms with Crippen molar-refractivity contribution in [2.24, 2.45) is 0 Å². The number of carbonyl (C=O) groups excluding carboxylic acids is 1. The molecule has 0 aliphatic rings. The number of hydrogen-bond donors (Lipinski definition) is 2. The highest BCUT2D eigenvalue weighted by atomic mass is 16.5. The van der Waals surface area contributed by atoms with Gasteiger partial charge in [0.05, 0.1) is 12.3 Å². The van der Waals surface area contributed by atoms with Gasteiger partial charge in [-0.05, 0) is 36.8 Å². The maximum Gasteiger partial charge on any atom is 0.255 e. The van der Waals surface area contributed by atoms with Crippen molar-refractivity contribution in [3.05, 3.63) is 54.1 Å². The van der Waals surface area contributed by atoms with Gasteiger partial charge < -0.3 is 15.8 Å². The minimum atomic E-state index is -0.187. The van der Waals surface area contributed by atoms with Gasteiger partial charge in [0.2, 0.25) is 0 Å². The van der Waals surface area contributed by atoms with Crippen LogP contribution in [0.3, 0.4) is 0 Å². The molecule has 1 amide bonds. The summed E-state index contributed by atoms with van der Waals surface area (Å²) in [5.74, 6) is 0.438. The summed E-state index contributed by atoms with van der Waals surface area (Å²) in [5, 5.41) is 2.82. The van der Waals surface area contributed by atoms with Crippen molar-refractivity contribution in [2.75, 3.05) is 17.7 Å². The van der Waals surface area contributed by atoms with Gasteiger partial charge in [0.1, 0.15) is 5.75 Å². The molecule has 0 aliphatic carbocycles. The maximum atomic E-state index is 12.1. The van der Waals surface area contributed by atoms with E-state index < -0.39 is 0 Å².